The van der Waals surface area contributed by atoms with Crippen molar-refractivity contribution in [3.8, 4) is 11.5 Å². The van der Waals surface area contributed by atoms with Gasteiger partial charge in [-0.1, -0.05) is 12.1 Å². The van der Waals surface area contributed by atoms with Crippen LogP contribution in [0.25, 0.3) is 10.9 Å². The molecule has 3 N–H and O–H groups in total. The number of methoxy groups -OCH3 is 2. The average Bonchev–Trinajstić information content (AvgIpc) is 3.09. The van der Waals surface area contributed by atoms with Crippen molar-refractivity contribution < 1.29 is 14.3 Å². The maximum Gasteiger partial charge on any atom is 0.314 e. The van der Waals surface area contributed by atoms with Crippen LogP contribution in [0, 0.1) is 6.92 Å². The highest BCUT2D eigenvalue weighted by molar-refractivity contribution is 5.83. The number of carbonyl (C=O) groups excluding carboxylic acids is 1. The third kappa shape index (κ3) is 4.76. The standard InChI is InChI=1S/C22H27N3O3/c1-15-4-6-19-17(14-25-20(19)12-15)9-11-24-22(26)23-10-8-16-13-18(27-2)5-7-21(16)28-3/h4-7,12-14,25H,8-11H2,1-3H3,(H2,23,24,26). The van der Waals surface area contributed by atoms with E-state index >= 15 is 0 Å². The van der Waals surface area contributed by atoms with Crippen LogP contribution in [-0.2, 0) is 12.8 Å². The molecule has 1 heterocycles. The van der Waals surface area contributed by atoms with Crippen LogP contribution in [-0.4, -0.2) is 38.3 Å². The predicted octanol–water partition coefficient (Wildman–Crippen LogP) is 3.58. The number of aromatic amines is 1. The SMILES string of the molecule is COc1ccc(OC)c(CCNC(=O)NCCc2c[nH]c3cc(C)ccc23)c1. The number of aromatic nitrogens is 1. The molecule has 148 valence electrons. The van der Waals surface area contributed by atoms with Crippen molar-refractivity contribution >= 4 is 16.9 Å². The molecule has 3 rings (SSSR count). The largest absolute Gasteiger partial charge is 0.497 e. The number of urea groups is 1. The van der Waals surface area contributed by atoms with E-state index < -0.39 is 0 Å². The molecule has 0 saturated heterocycles. The first-order chi connectivity index (χ1) is 13.6. The number of amides is 2. The summed E-state index contributed by atoms with van der Waals surface area (Å²) in [5, 5.41) is 7.01. The van der Waals surface area contributed by atoms with Gasteiger partial charge in [0.2, 0.25) is 0 Å². The Kier molecular flexibility index (Phi) is 6.42. The van der Waals surface area contributed by atoms with Crippen LogP contribution >= 0.6 is 0 Å². The Morgan fingerprint density at radius 1 is 0.964 bits per heavy atom. The second-order valence-electron chi connectivity index (χ2n) is 6.72. The summed E-state index contributed by atoms with van der Waals surface area (Å²) in [5.74, 6) is 1.56. The number of rotatable bonds is 8. The molecule has 0 bridgehead atoms. The van der Waals surface area contributed by atoms with Crippen molar-refractivity contribution in [2.24, 2.45) is 0 Å². The van der Waals surface area contributed by atoms with Crippen molar-refractivity contribution in [3.05, 3.63) is 59.3 Å². The number of carbonyl (C=O) groups is 1. The number of benzene rings is 2. The molecule has 0 saturated carbocycles. The minimum Gasteiger partial charge on any atom is -0.497 e. The number of hydrogen-bond acceptors (Lipinski definition) is 3. The Morgan fingerprint density at radius 2 is 1.71 bits per heavy atom. The predicted molar refractivity (Wildman–Crippen MR) is 111 cm³/mol. The first-order valence-corrected chi connectivity index (χ1v) is 9.40. The summed E-state index contributed by atoms with van der Waals surface area (Å²) in [4.78, 5) is 15.4. The Bertz CT molecular complexity index is 949. The van der Waals surface area contributed by atoms with E-state index in [2.05, 4.69) is 40.7 Å². The van der Waals surface area contributed by atoms with Crippen molar-refractivity contribution in [3.63, 3.8) is 0 Å². The topological polar surface area (TPSA) is 75.4 Å². The van der Waals surface area contributed by atoms with Gasteiger partial charge in [-0.2, -0.15) is 0 Å². The molecule has 0 atom stereocenters. The first-order valence-electron chi connectivity index (χ1n) is 9.40. The molecule has 6 nitrogen and oxygen atoms in total. The van der Waals surface area contributed by atoms with Crippen LogP contribution in [0.4, 0.5) is 4.79 Å². The van der Waals surface area contributed by atoms with Gasteiger partial charge < -0.3 is 25.1 Å². The molecule has 2 amide bonds. The molecule has 0 fully saturated rings. The van der Waals surface area contributed by atoms with Gasteiger partial charge in [0.05, 0.1) is 14.2 Å². The van der Waals surface area contributed by atoms with Crippen molar-refractivity contribution in [1.29, 1.82) is 0 Å². The minimum absolute atomic E-state index is 0.169. The number of hydrogen-bond donors (Lipinski definition) is 3. The Balaban J connectivity index is 1.45. The van der Waals surface area contributed by atoms with E-state index in [1.807, 2.05) is 24.4 Å². The molecule has 0 spiro atoms. The number of nitrogens with one attached hydrogen (secondary N) is 3. The maximum absolute atomic E-state index is 12.1. The van der Waals surface area contributed by atoms with Crippen LogP contribution in [0.15, 0.2) is 42.6 Å². The van der Waals surface area contributed by atoms with Crippen molar-refractivity contribution in [2.75, 3.05) is 27.3 Å². The van der Waals surface area contributed by atoms with Gasteiger partial charge in [0.25, 0.3) is 0 Å². The lowest BCUT2D eigenvalue weighted by atomic mass is 10.1. The van der Waals surface area contributed by atoms with Gasteiger partial charge in [0.15, 0.2) is 0 Å². The Labute approximate surface area is 165 Å². The molecule has 0 aliphatic carbocycles. The molecular formula is C22H27N3O3. The zero-order chi connectivity index (χ0) is 19.9. The number of fused-ring (bicyclic) bond motifs is 1. The highest BCUT2D eigenvalue weighted by Crippen LogP contribution is 2.24. The van der Waals surface area contributed by atoms with Crippen LogP contribution in [0.2, 0.25) is 0 Å². The minimum atomic E-state index is -0.169. The fraction of sp³-hybridized carbons (Fsp3) is 0.318. The zero-order valence-corrected chi connectivity index (χ0v) is 16.6. The molecule has 0 aliphatic heterocycles. The summed E-state index contributed by atoms with van der Waals surface area (Å²) in [6, 6.07) is 11.8. The summed E-state index contributed by atoms with van der Waals surface area (Å²) in [5.41, 5.74) is 4.56. The molecule has 3 aromatic rings. The average molecular weight is 381 g/mol. The number of ether oxygens (including phenoxy) is 2. The third-order valence-electron chi connectivity index (χ3n) is 4.77. The summed E-state index contributed by atoms with van der Waals surface area (Å²) in [7, 11) is 3.27. The highest BCUT2D eigenvalue weighted by atomic mass is 16.5. The summed E-state index contributed by atoms with van der Waals surface area (Å²) >= 11 is 0. The van der Waals surface area contributed by atoms with Crippen LogP contribution in [0.1, 0.15) is 16.7 Å². The van der Waals surface area contributed by atoms with Crippen molar-refractivity contribution in [1.82, 2.24) is 15.6 Å². The molecule has 6 heteroatoms. The highest BCUT2D eigenvalue weighted by Gasteiger charge is 2.07. The third-order valence-corrected chi connectivity index (χ3v) is 4.77. The Morgan fingerprint density at radius 3 is 2.43 bits per heavy atom. The van der Waals surface area contributed by atoms with Gasteiger partial charge in [0.1, 0.15) is 11.5 Å². The fourth-order valence-corrected chi connectivity index (χ4v) is 3.27. The van der Waals surface area contributed by atoms with Gasteiger partial charge in [-0.25, -0.2) is 4.79 Å². The van der Waals surface area contributed by atoms with Gasteiger partial charge in [-0.05, 0) is 60.7 Å². The lowest BCUT2D eigenvalue weighted by Crippen LogP contribution is -2.37. The molecule has 0 unspecified atom stereocenters. The lowest BCUT2D eigenvalue weighted by molar-refractivity contribution is 0.241. The van der Waals surface area contributed by atoms with E-state index in [1.54, 1.807) is 14.2 Å². The normalized spacial score (nSPS) is 10.7. The summed E-state index contributed by atoms with van der Waals surface area (Å²) in [6.07, 6.45) is 3.45. The molecule has 0 aliphatic rings. The van der Waals surface area contributed by atoms with E-state index in [4.69, 9.17) is 9.47 Å². The van der Waals surface area contributed by atoms with E-state index in [0.29, 0.717) is 19.5 Å². The number of H-pyrrole nitrogens is 1. The summed E-state index contributed by atoms with van der Waals surface area (Å²) < 4.78 is 10.6. The molecule has 0 radical (unpaired) electrons. The van der Waals surface area contributed by atoms with E-state index in [1.165, 1.54) is 16.5 Å². The molecule has 2 aromatic carbocycles. The molecule has 1 aromatic heterocycles. The van der Waals surface area contributed by atoms with Crippen LogP contribution in [0.3, 0.4) is 0 Å². The quantitative estimate of drug-likeness (QED) is 0.558. The monoisotopic (exact) mass is 381 g/mol. The van der Waals surface area contributed by atoms with Crippen LogP contribution in [0.5, 0.6) is 11.5 Å². The Hall–Kier alpha value is -3.15. The fourth-order valence-electron chi connectivity index (χ4n) is 3.27. The first kappa shape index (κ1) is 19.6. The summed E-state index contributed by atoms with van der Waals surface area (Å²) in [6.45, 7) is 3.17. The molecule has 28 heavy (non-hydrogen) atoms. The van der Waals surface area contributed by atoms with E-state index in [0.717, 1.165) is 29.0 Å². The van der Waals surface area contributed by atoms with Gasteiger partial charge in [-0.3, -0.25) is 0 Å². The lowest BCUT2D eigenvalue weighted by Gasteiger charge is -2.11. The van der Waals surface area contributed by atoms with Gasteiger partial charge >= 0.3 is 6.03 Å². The van der Waals surface area contributed by atoms with Gasteiger partial charge in [0, 0.05) is 30.2 Å². The second kappa shape index (κ2) is 9.17. The van der Waals surface area contributed by atoms with Gasteiger partial charge in [-0.15, -0.1) is 0 Å². The molecular weight excluding hydrogens is 354 g/mol. The van der Waals surface area contributed by atoms with Crippen LogP contribution < -0.4 is 20.1 Å². The van der Waals surface area contributed by atoms with Crippen molar-refractivity contribution in [2.45, 2.75) is 19.8 Å². The van der Waals surface area contributed by atoms with E-state index in [9.17, 15) is 4.79 Å². The number of aryl methyl sites for hydroxylation is 1. The maximum atomic E-state index is 12.1. The smallest absolute Gasteiger partial charge is 0.314 e. The zero-order valence-electron chi connectivity index (χ0n) is 16.6. The second-order valence-corrected chi connectivity index (χ2v) is 6.72. The van der Waals surface area contributed by atoms with E-state index in [-0.39, 0.29) is 6.03 Å².